The van der Waals surface area contributed by atoms with E-state index in [9.17, 15) is 9.59 Å². The maximum atomic E-state index is 11.9. The van der Waals surface area contributed by atoms with Gasteiger partial charge >= 0.3 is 0 Å². The Labute approximate surface area is 121 Å². The first kappa shape index (κ1) is 14.1. The van der Waals surface area contributed by atoms with Gasteiger partial charge < -0.3 is 5.73 Å². The molecule has 2 aromatic carbocycles. The van der Waals surface area contributed by atoms with Gasteiger partial charge in [0, 0.05) is 17.6 Å². The number of rotatable bonds is 3. The second kappa shape index (κ2) is 5.75. The molecule has 2 N–H and O–H groups in total. The van der Waals surface area contributed by atoms with Crippen LogP contribution < -0.4 is 10.6 Å². The molecule has 0 fully saturated rings. The van der Waals surface area contributed by atoms with Gasteiger partial charge in [0.25, 0.3) is 5.91 Å². The molecule has 0 radical (unpaired) electrons. The molecular formula is C15H13ClN2O2. The van der Waals surface area contributed by atoms with E-state index in [2.05, 4.69) is 0 Å². The largest absolute Gasteiger partial charge is 0.366 e. The predicted molar refractivity (Wildman–Crippen MR) is 79.2 cm³/mol. The molecule has 0 bridgehead atoms. The number of nitrogens with zero attached hydrogens (tertiary/aromatic N) is 1. The zero-order chi connectivity index (χ0) is 14.7. The minimum Gasteiger partial charge on any atom is -0.366 e. The molecule has 0 heterocycles. The molecule has 2 aromatic rings. The van der Waals surface area contributed by atoms with Crippen LogP contribution in [0.15, 0.2) is 48.5 Å². The minimum atomic E-state index is -0.583. The van der Waals surface area contributed by atoms with Crippen LogP contribution in [-0.2, 0) is 4.79 Å². The van der Waals surface area contributed by atoms with Crippen LogP contribution in [0.25, 0.3) is 0 Å². The first-order valence-corrected chi connectivity index (χ1v) is 6.33. The molecule has 0 aliphatic carbocycles. The highest BCUT2D eigenvalue weighted by Crippen LogP contribution is 2.29. The van der Waals surface area contributed by atoms with Gasteiger partial charge in [-0.2, -0.15) is 0 Å². The van der Waals surface area contributed by atoms with Crippen molar-refractivity contribution in [2.45, 2.75) is 6.92 Å². The summed E-state index contributed by atoms with van der Waals surface area (Å²) < 4.78 is 0. The lowest BCUT2D eigenvalue weighted by molar-refractivity contribution is -0.115. The van der Waals surface area contributed by atoms with Gasteiger partial charge in [-0.3, -0.25) is 14.5 Å². The average Bonchev–Trinajstić information content (AvgIpc) is 2.41. The van der Waals surface area contributed by atoms with Gasteiger partial charge in [-0.25, -0.2) is 0 Å². The van der Waals surface area contributed by atoms with E-state index in [1.54, 1.807) is 48.5 Å². The Balaban J connectivity index is 2.58. The molecule has 0 unspecified atom stereocenters. The van der Waals surface area contributed by atoms with E-state index < -0.39 is 5.91 Å². The minimum absolute atomic E-state index is 0.221. The lowest BCUT2D eigenvalue weighted by atomic mass is 10.1. The van der Waals surface area contributed by atoms with E-state index in [0.29, 0.717) is 16.4 Å². The van der Waals surface area contributed by atoms with Crippen LogP contribution in [0.4, 0.5) is 11.4 Å². The van der Waals surface area contributed by atoms with Crippen LogP contribution in [0.5, 0.6) is 0 Å². The maximum Gasteiger partial charge on any atom is 0.250 e. The molecule has 20 heavy (non-hydrogen) atoms. The fourth-order valence-electron chi connectivity index (χ4n) is 1.96. The molecule has 0 aliphatic rings. The molecule has 0 saturated carbocycles. The normalized spacial score (nSPS) is 10.1. The Morgan fingerprint density at radius 1 is 1.05 bits per heavy atom. The standard InChI is InChI=1S/C15H13ClN2O2/c1-10(19)18(12-8-6-11(16)7-9-12)14-5-3-2-4-13(14)15(17)20/h2-9H,1H3,(H2,17,20). The SMILES string of the molecule is CC(=O)N(c1ccc(Cl)cc1)c1ccccc1C(N)=O. The molecular weight excluding hydrogens is 276 g/mol. The van der Waals surface area contributed by atoms with Crippen LogP contribution in [0.3, 0.4) is 0 Å². The highest BCUT2D eigenvalue weighted by Gasteiger charge is 2.19. The van der Waals surface area contributed by atoms with Crippen molar-refractivity contribution in [1.29, 1.82) is 0 Å². The van der Waals surface area contributed by atoms with E-state index in [1.165, 1.54) is 11.8 Å². The van der Waals surface area contributed by atoms with Gasteiger partial charge in [0.05, 0.1) is 11.3 Å². The summed E-state index contributed by atoms with van der Waals surface area (Å²) in [6.07, 6.45) is 0. The van der Waals surface area contributed by atoms with Gasteiger partial charge in [-0.05, 0) is 36.4 Å². The number of carbonyl (C=O) groups excluding carboxylic acids is 2. The highest BCUT2D eigenvalue weighted by atomic mass is 35.5. The summed E-state index contributed by atoms with van der Waals surface area (Å²) in [4.78, 5) is 24.9. The molecule has 0 atom stereocenters. The summed E-state index contributed by atoms with van der Waals surface area (Å²) in [5, 5.41) is 0.570. The molecule has 0 aliphatic heterocycles. The second-order valence-corrected chi connectivity index (χ2v) is 4.65. The van der Waals surface area contributed by atoms with Crippen LogP contribution >= 0.6 is 11.6 Å². The topological polar surface area (TPSA) is 63.4 Å². The Morgan fingerprint density at radius 2 is 1.65 bits per heavy atom. The van der Waals surface area contributed by atoms with Gasteiger partial charge in [0.2, 0.25) is 5.91 Å². The molecule has 0 aromatic heterocycles. The number of nitrogens with two attached hydrogens (primary N) is 1. The smallest absolute Gasteiger partial charge is 0.250 e. The van der Waals surface area contributed by atoms with Crippen molar-refractivity contribution in [3.05, 3.63) is 59.1 Å². The molecule has 0 spiro atoms. The van der Waals surface area contributed by atoms with Crippen molar-refractivity contribution in [3.63, 3.8) is 0 Å². The van der Waals surface area contributed by atoms with Crippen LogP contribution in [0, 0.1) is 0 Å². The first-order chi connectivity index (χ1) is 9.50. The van der Waals surface area contributed by atoms with Crippen molar-refractivity contribution < 1.29 is 9.59 Å². The Kier molecular flexibility index (Phi) is 4.05. The number of benzene rings is 2. The summed E-state index contributed by atoms with van der Waals surface area (Å²) in [5.41, 5.74) is 6.72. The monoisotopic (exact) mass is 288 g/mol. The van der Waals surface area contributed by atoms with E-state index >= 15 is 0 Å². The Bertz CT molecular complexity index is 653. The van der Waals surface area contributed by atoms with Crippen LogP contribution in [-0.4, -0.2) is 11.8 Å². The Morgan fingerprint density at radius 3 is 2.20 bits per heavy atom. The molecule has 0 saturated heterocycles. The summed E-state index contributed by atoms with van der Waals surface area (Å²) in [7, 11) is 0. The van der Waals surface area contributed by atoms with E-state index in [1.807, 2.05) is 0 Å². The lowest BCUT2D eigenvalue weighted by Gasteiger charge is -2.23. The average molecular weight is 289 g/mol. The number of anilines is 2. The third-order valence-corrected chi connectivity index (χ3v) is 3.06. The number of hydrogen-bond donors (Lipinski definition) is 1. The quantitative estimate of drug-likeness (QED) is 0.943. The Hall–Kier alpha value is -2.33. The third-order valence-electron chi connectivity index (χ3n) is 2.81. The van der Waals surface area contributed by atoms with Crippen LogP contribution in [0.2, 0.25) is 5.02 Å². The second-order valence-electron chi connectivity index (χ2n) is 4.21. The number of amides is 2. The molecule has 102 valence electrons. The summed E-state index contributed by atoms with van der Waals surface area (Å²) >= 11 is 5.85. The van der Waals surface area contributed by atoms with Crippen molar-refractivity contribution in [2.75, 3.05) is 4.90 Å². The van der Waals surface area contributed by atoms with Crippen molar-refractivity contribution in [2.24, 2.45) is 5.73 Å². The first-order valence-electron chi connectivity index (χ1n) is 5.96. The third kappa shape index (κ3) is 2.81. The van der Waals surface area contributed by atoms with Gasteiger partial charge in [0.1, 0.15) is 0 Å². The van der Waals surface area contributed by atoms with E-state index in [0.717, 1.165) is 0 Å². The maximum absolute atomic E-state index is 11.9. The number of halogens is 1. The van der Waals surface area contributed by atoms with Gasteiger partial charge in [-0.15, -0.1) is 0 Å². The fraction of sp³-hybridized carbons (Fsp3) is 0.0667. The van der Waals surface area contributed by atoms with Crippen molar-refractivity contribution in [1.82, 2.24) is 0 Å². The zero-order valence-electron chi connectivity index (χ0n) is 10.8. The number of hydrogen-bond acceptors (Lipinski definition) is 2. The molecule has 2 rings (SSSR count). The number of primary amides is 1. The number of para-hydroxylation sites is 1. The highest BCUT2D eigenvalue weighted by molar-refractivity contribution is 6.30. The van der Waals surface area contributed by atoms with Gasteiger partial charge in [-0.1, -0.05) is 23.7 Å². The predicted octanol–water partition coefficient (Wildman–Crippen LogP) is 3.12. The molecule has 2 amide bonds. The van der Waals surface area contributed by atoms with Crippen LogP contribution in [0.1, 0.15) is 17.3 Å². The lowest BCUT2D eigenvalue weighted by Crippen LogP contribution is -2.26. The number of carbonyl (C=O) groups is 2. The molecule has 4 nitrogen and oxygen atoms in total. The summed E-state index contributed by atoms with van der Waals surface area (Å²) in [6.45, 7) is 1.42. The van der Waals surface area contributed by atoms with Crippen molar-refractivity contribution >= 4 is 34.8 Å². The molecule has 5 heteroatoms. The fourth-order valence-corrected chi connectivity index (χ4v) is 2.08. The zero-order valence-corrected chi connectivity index (χ0v) is 11.6. The van der Waals surface area contributed by atoms with E-state index in [-0.39, 0.29) is 11.5 Å². The van der Waals surface area contributed by atoms with E-state index in [4.69, 9.17) is 17.3 Å². The summed E-state index contributed by atoms with van der Waals surface area (Å²) in [5.74, 6) is -0.804. The van der Waals surface area contributed by atoms with Crippen molar-refractivity contribution in [3.8, 4) is 0 Å². The summed E-state index contributed by atoms with van der Waals surface area (Å²) in [6, 6.07) is 13.5. The van der Waals surface area contributed by atoms with Gasteiger partial charge in [0.15, 0.2) is 0 Å².